The van der Waals surface area contributed by atoms with Crippen LogP contribution in [0.3, 0.4) is 0 Å². The van der Waals surface area contributed by atoms with Crippen molar-refractivity contribution in [3.05, 3.63) is 17.2 Å². The van der Waals surface area contributed by atoms with Crippen molar-refractivity contribution in [2.45, 2.75) is 43.8 Å². The molecule has 4 rings (SSSR count). The Hall–Kier alpha value is -1.70. The van der Waals surface area contributed by atoms with Gasteiger partial charge in [-0.05, 0) is 32.4 Å². The van der Waals surface area contributed by atoms with Gasteiger partial charge < -0.3 is 5.32 Å². The van der Waals surface area contributed by atoms with Crippen LogP contribution in [0.5, 0.6) is 0 Å². The van der Waals surface area contributed by atoms with E-state index in [1.165, 1.54) is 6.20 Å². The van der Waals surface area contributed by atoms with Crippen molar-refractivity contribution >= 4 is 33.1 Å². The Morgan fingerprint density at radius 1 is 1.25 bits per heavy atom. The molecule has 0 radical (unpaired) electrons. The molecule has 0 aromatic carbocycles. The van der Waals surface area contributed by atoms with Crippen LogP contribution < -0.4 is 5.32 Å². The van der Waals surface area contributed by atoms with Gasteiger partial charge in [0, 0.05) is 19.0 Å². The van der Waals surface area contributed by atoms with E-state index in [2.05, 4.69) is 20.4 Å². The lowest BCUT2D eigenvalue weighted by atomic mass is 9.96. The van der Waals surface area contributed by atoms with Crippen molar-refractivity contribution in [3.8, 4) is 0 Å². The third-order valence-electron chi connectivity index (χ3n) is 6.01. The predicted octanol–water partition coefficient (Wildman–Crippen LogP) is 2.01. The second kappa shape index (κ2) is 9.27. The van der Waals surface area contributed by atoms with Crippen LogP contribution in [-0.2, 0) is 10.0 Å². The molecular weight excluding hydrogens is 471 g/mol. The Balaban J connectivity index is 1.48. The van der Waals surface area contributed by atoms with E-state index >= 15 is 0 Å². The fourth-order valence-corrected chi connectivity index (χ4v) is 5.34. The summed E-state index contributed by atoms with van der Waals surface area (Å²) in [6.45, 7) is 0.797. The fraction of sp³-hybridized carbons (Fsp3) is 0.722. The predicted molar refractivity (Wildman–Crippen MR) is 114 cm³/mol. The number of aromatic nitrogens is 4. The SMILES string of the molecule is CS(=O)(=O)N1CC[C@@H](Nc2ncc3c(Cl)nc(C4CCN(CC(F)F)CC4)n3n2)[C@H](F)C1. The van der Waals surface area contributed by atoms with E-state index < -0.39 is 28.7 Å². The highest BCUT2D eigenvalue weighted by Gasteiger charge is 2.34. The zero-order valence-electron chi connectivity index (χ0n) is 17.5. The molecule has 2 aliphatic heterocycles. The summed E-state index contributed by atoms with van der Waals surface area (Å²) in [5, 5.41) is 7.65. The van der Waals surface area contributed by atoms with Crippen molar-refractivity contribution < 1.29 is 21.6 Å². The number of rotatable bonds is 6. The minimum Gasteiger partial charge on any atom is -0.347 e. The maximum absolute atomic E-state index is 14.6. The van der Waals surface area contributed by atoms with Crippen LogP contribution in [0.15, 0.2) is 6.20 Å². The van der Waals surface area contributed by atoms with Gasteiger partial charge >= 0.3 is 0 Å². The topological polar surface area (TPSA) is 95.7 Å². The summed E-state index contributed by atoms with van der Waals surface area (Å²) in [4.78, 5) is 10.4. The summed E-state index contributed by atoms with van der Waals surface area (Å²) in [6.07, 6.45) is 0.347. The van der Waals surface area contributed by atoms with Crippen LogP contribution in [0, 0.1) is 0 Å². The van der Waals surface area contributed by atoms with Crippen LogP contribution >= 0.6 is 11.6 Å². The first-order valence-corrected chi connectivity index (χ1v) is 12.6. The van der Waals surface area contributed by atoms with E-state index in [0.717, 1.165) is 10.6 Å². The molecule has 178 valence electrons. The lowest BCUT2D eigenvalue weighted by Crippen LogP contribution is -2.49. The average molecular weight is 496 g/mol. The standard InChI is InChI=1S/C18H25ClF3N7O2S/c1-32(30,31)28-7-4-13(12(20)9-28)24-18-23-8-14-16(19)25-17(29(14)26-18)11-2-5-27(6-3-11)10-15(21)22/h8,11-13,15H,2-7,9-10H2,1H3,(H,24,26)/t12-,13-/m1/s1. The quantitative estimate of drug-likeness (QED) is 0.655. The third-order valence-corrected chi connectivity index (χ3v) is 7.56. The molecule has 2 saturated heterocycles. The number of piperidine rings is 2. The number of anilines is 1. The van der Waals surface area contributed by atoms with Crippen LogP contribution in [0.1, 0.15) is 31.0 Å². The summed E-state index contributed by atoms with van der Waals surface area (Å²) in [5.74, 6) is 0.804. The van der Waals surface area contributed by atoms with Gasteiger partial charge in [0.1, 0.15) is 17.5 Å². The number of alkyl halides is 3. The maximum atomic E-state index is 14.6. The second-order valence-corrected chi connectivity index (χ2v) is 10.6. The smallest absolute Gasteiger partial charge is 0.251 e. The third kappa shape index (κ3) is 5.10. The summed E-state index contributed by atoms with van der Waals surface area (Å²) in [6, 6.07) is -0.634. The lowest BCUT2D eigenvalue weighted by Gasteiger charge is -2.33. The zero-order chi connectivity index (χ0) is 23.0. The molecule has 9 nitrogen and oxygen atoms in total. The Kier molecular flexibility index (Phi) is 6.80. The van der Waals surface area contributed by atoms with Crippen molar-refractivity contribution in [3.63, 3.8) is 0 Å². The largest absolute Gasteiger partial charge is 0.347 e. The highest BCUT2D eigenvalue weighted by molar-refractivity contribution is 7.88. The van der Waals surface area contributed by atoms with E-state index in [0.29, 0.717) is 37.3 Å². The number of hydrogen-bond acceptors (Lipinski definition) is 7. The Bertz CT molecular complexity index is 1060. The zero-order valence-corrected chi connectivity index (χ0v) is 19.0. The Morgan fingerprint density at radius 2 is 1.97 bits per heavy atom. The molecule has 32 heavy (non-hydrogen) atoms. The molecule has 0 aliphatic carbocycles. The molecule has 0 unspecified atom stereocenters. The molecular formula is C18H25ClF3N7O2S. The molecule has 2 fully saturated rings. The number of sulfonamides is 1. The van der Waals surface area contributed by atoms with E-state index in [4.69, 9.17) is 11.6 Å². The van der Waals surface area contributed by atoms with Crippen LogP contribution in [0.2, 0.25) is 5.15 Å². The number of nitrogens with zero attached hydrogens (tertiary/aromatic N) is 6. The normalized spacial score (nSPS) is 24.4. The van der Waals surface area contributed by atoms with Gasteiger partial charge in [-0.1, -0.05) is 11.6 Å². The molecule has 1 N–H and O–H groups in total. The summed E-state index contributed by atoms with van der Waals surface area (Å²) < 4.78 is 65.9. The Morgan fingerprint density at radius 3 is 2.59 bits per heavy atom. The average Bonchev–Trinajstić information content (AvgIpc) is 3.05. The van der Waals surface area contributed by atoms with Gasteiger partial charge in [-0.3, -0.25) is 4.90 Å². The van der Waals surface area contributed by atoms with Crippen LogP contribution in [-0.4, -0.2) is 94.8 Å². The van der Waals surface area contributed by atoms with Crippen molar-refractivity contribution in [1.29, 1.82) is 0 Å². The van der Waals surface area contributed by atoms with Crippen LogP contribution in [0.4, 0.5) is 19.1 Å². The number of imidazole rings is 1. The van der Waals surface area contributed by atoms with Crippen molar-refractivity contribution in [2.24, 2.45) is 0 Å². The van der Waals surface area contributed by atoms with E-state index in [1.807, 2.05) is 0 Å². The minimum absolute atomic E-state index is 0.00130. The number of hydrogen-bond donors (Lipinski definition) is 1. The maximum Gasteiger partial charge on any atom is 0.251 e. The lowest BCUT2D eigenvalue weighted by molar-refractivity contribution is 0.0748. The summed E-state index contributed by atoms with van der Waals surface area (Å²) in [5.41, 5.74) is 0.505. The summed E-state index contributed by atoms with van der Waals surface area (Å²) >= 11 is 6.26. The van der Waals surface area contributed by atoms with Crippen LogP contribution in [0.25, 0.3) is 5.52 Å². The molecule has 2 aliphatic rings. The van der Waals surface area contributed by atoms with Gasteiger partial charge in [-0.15, -0.1) is 5.10 Å². The highest BCUT2D eigenvalue weighted by Crippen LogP contribution is 2.30. The van der Waals surface area contributed by atoms with Gasteiger partial charge in [0.05, 0.1) is 25.0 Å². The van der Waals surface area contributed by atoms with Gasteiger partial charge in [0.25, 0.3) is 6.43 Å². The molecule has 0 amide bonds. The molecule has 2 aromatic rings. The number of halogens is 4. The van der Waals surface area contributed by atoms with E-state index in [-0.39, 0.29) is 43.1 Å². The minimum atomic E-state index is -3.45. The molecule has 0 spiro atoms. The van der Waals surface area contributed by atoms with E-state index in [9.17, 15) is 21.6 Å². The first kappa shape index (κ1) is 23.5. The van der Waals surface area contributed by atoms with Gasteiger partial charge in [-0.25, -0.2) is 36.1 Å². The Labute approximate surface area is 189 Å². The molecule has 2 aromatic heterocycles. The van der Waals surface area contributed by atoms with Gasteiger partial charge in [0.2, 0.25) is 16.0 Å². The first-order valence-electron chi connectivity index (χ1n) is 10.4. The summed E-state index contributed by atoms with van der Waals surface area (Å²) in [7, 11) is -3.45. The monoisotopic (exact) mass is 495 g/mol. The van der Waals surface area contributed by atoms with Gasteiger partial charge in [0.15, 0.2) is 5.15 Å². The van der Waals surface area contributed by atoms with E-state index in [1.54, 1.807) is 9.42 Å². The second-order valence-electron chi connectivity index (χ2n) is 8.28. The number of likely N-dealkylation sites (tertiary alicyclic amines) is 1. The highest BCUT2D eigenvalue weighted by atomic mass is 35.5. The number of nitrogens with one attached hydrogen (secondary N) is 1. The molecule has 0 bridgehead atoms. The molecule has 2 atom stereocenters. The molecule has 4 heterocycles. The van der Waals surface area contributed by atoms with Gasteiger partial charge in [-0.2, -0.15) is 4.31 Å². The molecule has 14 heteroatoms. The number of fused-ring (bicyclic) bond motifs is 1. The van der Waals surface area contributed by atoms with Crippen molar-refractivity contribution in [2.75, 3.05) is 44.3 Å². The molecule has 0 saturated carbocycles. The van der Waals surface area contributed by atoms with Crippen molar-refractivity contribution in [1.82, 2.24) is 28.8 Å². The fourth-order valence-electron chi connectivity index (χ4n) is 4.28. The first-order chi connectivity index (χ1) is 15.1.